The lowest BCUT2D eigenvalue weighted by Gasteiger charge is -2.35. The lowest BCUT2D eigenvalue weighted by molar-refractivity contribution is -0.121. The summed E-state index contributed by atoms with van der Waals surface area (Å²) in [7, 11) is -1.99. The fourth-order valence-electron chi connectivity index (χ4n) is 5.22. The van der Waals surface area contributed by atoms with E-state index in [1.165, 1.54) is 6.07 Å². The van der Waals surface area contributed by atoms with Crippen LogP contribution in [0.3, 0.4) is 0 Å². The Hall–Kier alpha value is -3.04. The van der Waals surface area contributed by atoms with Gasteiger partial charge in [0.05, 0.1) is 15.8 Å². The minimum Gasteiger partial charge on any atom is -0.354 e. The second kappa shape index (κ2) is 8.52. The Labute approximate surface area is 211 Å². The molecule has 188 valence electrons. The molecular weight excluding hydrogens is 474 g/mol. The number of hydrogen-bond donors (Lipinski definition) is 1. The lowest BCUT2D eigenvalue weighted by atomic mass is 9.93. The molecule has 0 unspecified atom stereocenters. The van der Waals surface area contributed by atoms with Crippen molar-refractivity contribution >= 4 is 32.7 Å². The van der Waals surface area contributed by atoms with E-state index >= 15 is 0 Å². The number of hydrogen-bond acceptors (Lipinski definition) is 7. The molecule has 2 aromatic heterocycles. The Kier molecular flexibility index (Phi) is 5.53. The third kappa shape index (κ3) is 4.14. The Balaban J connectivity index is 1.35. The van der Waals surface area contributed by atoms with Crippen LogP contribution in [0.4, 0.5) is 5.82 Å². The quantitative estimate of drug-likeness (QED) is 0.550. The fraction of sp³-hybridized carbons (Fsp3) is 0.444. The number of likely N-dealkylation sites (N-methyl/N-ethyl adjacent to an activating group) is 1. The molecule has 0 bridgehead atoms. The molecule has 0 atom stereocenters. The predicted molar refractivity (Wildman–Crippen MR) is 139 cm³/mol. The fourth-order valence-corrected chi connectivity index (χ4v) is 6.49. The van der Waals surface area contributed by atoms with Crippen molar-refractivity contribution in [1.29, 1.82) is 0 Å². The van der Waals surface area contributed by atoms with Gasteiger partial charge in [0, 0.05) is 49.0 Å². The second-order valence-electron chi connectivity index (χ2n) is 10.5. The van der Waals surface area contributed by atoms with Gasteiger partial charge < -0.3 is 9.80 Å². The molecule has 8 nitrogen and oxygen atoms in total. The van der Waals surface area contributed by atoms with E-state index in [1.807, 2.05) is 13.1 Å². The number of nitrogens with one attached hydrogen (secondary N) is 1. The Bertz CT molecular complexity index is 1460. The number of anilines is 1. The zero-order valence-electron chi connectivity index (χ0n) is 20.7. The van der Waals surface area contributed by atoms with Crippen LogP contribution in [0.25, 0.3) is 10.9 Å². The highest BCUT2D eigenvalue weighted by Crippen LogP contribution is 2.53. The summed E-state index contributed by atoms with van der Waals surface area (Å²) < 4.78 is 29.4. The number of amides is 1. The van der Waals surface area contributed by atoms with Gasteiger partial charge >= 0.3 is 0 Å². The summed E-state index contributed by atoms with van der Waals surface area (Å²) in [5, 5.41) is 0.503. The van der Waals surface area contributed by atoms with Crippen molar-refractivity contribution in [3.05, 3.63) is 59.4 Å². The molecule has 1 N–H and O–H groups in total. The van der Waals surface area contributed by atoms with Gasteiger partial charge in [-0.2, -0.15) is 0 Å². The zero-order valence-corrected chi connectivity index (χ0v) is 21.5. The summed E-state index contributed by atoms with van der Waals surface area (Å²) in [6, 6.07) is 10.6. The largest absolute Gasteiger partial charge is 0.354 e. The maximum atomic E-state index is 13.7. The van der Waals surface area contributed by atoms with Gasteiger partial charge in [-0.05, 0) is 81.5 Å². The first-order valence-electron chi connectivity index (χ1n) is 12.6. The number of aromatic nitrogens is 2. The first kappa shape index (κ1) is 23.4. The average Bonchev–Trinajstić information content (AvgIpc) is 3.77. The van der Waals surface area contributed by atoms with Crippen molar-refractivity contribution in [2.75, 3.05) is 38.1 Å². The van der Waals surface area contributed by atoms with Crippen LogP contribution in [-0.2, 0) is 20.2 Å². The van der Waals surface area contributed by atoms with Crippen LogP contribution in [0, 0.1) is 6.92 Å². The van der Waals surface area contributed by atoms with Crippen molar-refractivity contribution in [3.63, 3.8) is 0 Å². The van der Waals surface area contributed by atoms with Crippen molar-refractivity contribution in [2.45, 2.75) is 48.8 Å². The number of carbonyl (C=O) groups is 1. The molecule has 1 aliphatic heterocycles. The Morgan fingerprint density at radius 3 is 2.53 bits per heavy atom. The number of aryl methyl sites for hydroxylation is 1. The zero-order chi connectivity index (χ0) is 25.1. The van der Waals surface area contributed by atoms with Crippen molar-refractivity contribution in [3.8, 4) is 0 Å². The van der Waals surface area contributed by atoms with E-state index < -0.39 is 21.3 Å². The molecule has 3 fully saturated rings. The highest BCUT2D eigenvalue weighted by atomic mass is 32.2. The average molecular weight is 506 g/mol. The number of carbonyl (C=O) groups excluding carboxylic acids is 1. The molecule has 6 rings (SSSR count). The summed E-state index contributed by atoms with van der Waals surface area (Å²) in [5.74, 6) is 0.846. The monoisotopic (exact) mass is 505 g/mol. The molecule has 0 spiro atoms. The van der Waals surface area contributed by atoms with Crippen LogP contribution in [0.15, 0.2) is 47.5 Å². The van der Waals surface area contributed by atoms with E-state index in [0.29, 0.717) is 29.7 Å². The number of fused-ring (bicyclic) bond motifs is 1. The van der Waals surface area contributed by atoms with Gasteiger partial charge in [0.15, 0.2) is 0 Å². The number of sulfonamides is 1. The lowest BCUT2D eigenvalue weighted by Crippen LogP contribution is -2.46. The molecule has 3 aliphatic rings. The summed E-state index contributed by atoms with van der Waals surface area (Å²) in [6.07, 6.45) is 5.45. The first-order chi connectivity index (χ1) is 17.3. The van der Waals surface area contributed by atoms with Gasteiger partial charge in [0.1, 0.15) is 5.82 Å². The van der Waals surface area contributed by atoms with E-state index in [1.54, 1.807) is 24.3 Å². The number of pyridine rings is 2. The molecule has 3 heterocycles. The highest BCUT2D eigenvalue weighted by molar-refractivity contribution is 7.90. The maximum absolute atomic E-state index is 13.7. The van der Waals surface area contributed by atoms with Crippen molar-refractivity contribution in [1.82, 2.24) is 19.6 Å². The smallest absolute Gasteiger partial charge is 0.264 e. The van der Waals surface area contributed by atoms with Gasteiger partial charge in [0.25, 0.3) is 10.0 Å². The van der Waals surface area contributed by atoms with E-state index in [-0.39, 0.29) is 4.90 Å². The number of nitrogens with zero attached hydrogens (tertiary/aromatic N) is 4. The van der Waals surface area contributed by atoms with Crippen LogP contribution in [0.5, 0.6) is 0 Å². The molecule has 9 heteroatoms. The van der Waals surface area contributed by atoms with E-state index in [2.05, 4.69) is 32.6 Å². The molecule has 1 amide bonds. The Morgan fingerprint density at radius 2 is 1.83 bits per heavy atom. The van der Waals surface area contributed by atoms with E-state index in [9.17, 15) is 13.2 Å². The van der Waals surface area contributed by atoms with E-state index in [0.717, 1.165) is 61.7 Å². The van der Waals surface area contributed by atoms with Gasteiger partial charge in [-0.3, -0.25) is 9.78 Å². The third-order valence-electron chi connectivity index (χ3n) is 7.79. The molecular formula is C27H31N5O3S. The predicted octanol–water partition coefficient (Wildman–Crippen LogP) is 3.10. The number of benzene rings is 1. The van der Waals surface area contributed by atoms with Gasteiger partial charge in [-0.25, -0.2) is 18.1 Å². The van der Waals surface area contributed by atoms with Crippen LogP contribution < -0.4 is 9.62 Å². The maximum Gasteiger partial charge on any atom is 0.264 e. The highest BCUT2D eigenvalue weighted by Gasteiger charge is 2.54. The minimum atomic E-state index is -4.09. The molecule has 1 aromatic carbocycles. The molecule has 2 saturated carbocycles. The summed E-state index contributed by atoms with van der Waals surface area (Å²) in [4.78, 5) is 27.6. The van der Waals surface area contributed by atoms with Gasteiger partial charge in [0.2, 0.25) is 5.91 Å². The summed E-state index contributed by atoms with van der Waals surface area (Å²) in [6.45, 7) is 5.37. The molecule has 36 heavy (non-hydrogen) atoms. The minimum absolute atomic E-state index is 0.0702. The van der Waals surface area contributed by atoms with E-state index in [4.69, 9.17) is 4.98 Å². The SMILES string of the molecule is Cc1ccc2c(S(=O)(=O)NC(=O)C3(c4cc(C5CC5)cnc4N4CCN(C)CC4)CC3)cccc2n1. The third-order valence-corrected chi connectivity index (χ3v) is 9.18. The second-order valence-corrected chi connectivity index (χ2v) is 12.1. The molecule has 3 aromatic rings. The van der Waals surface area contributed by atoms with Crippen molar-refractivity contribution < 1.29 is 13.2 Å². The van der Waals surface area contributed by atoms with Gasteiger partial charge in [-0.15, -0.1) is 0 Å². The van der Waals surface area contributed by atoms with Crippen LogP contribution in [0.1, 0.15) is 48.4 Å². The number of rotatable bonds is 6. The summed E-state index contributed by atoms with van der Waals surface area (Å²) >= 11 is 0. The number of piperazine rings is 1. The standard InChI is InChI=1S/C27H31N5O3S/c1-18-6-9-21-23(29-18)4-3-5-24(21)36(34,35)30-26(33)27(10-11-27)22-16-20(19-7-8-19)17-28-25(22)32-14-12-31(2)13-15-32/h3-6,9,16-17,19H,7-8,10-15H2,1-2H3,(H,30,33). The first-order valence-corrected chi connectivity index (χ1v) is 14.1. The van der Waals surface area contributed by atoms with Crippen LogP contribution in [0.2, 0.25) is 0 Å². The molecule has 0 radical (unpaired) electrons. The van der Waals surface area contributed by atoms with Gasteiger partial charge in [-0.1, -0.05) is 6.07 Å². The topological polar surface area (TPSA) is 95.5 Å². The van der Waals surface area contributed by atoms with Crippen molar-refractivity contribution in [2.24, 2.45) is 0 Å². The van der Waals surface area contributed by atoms with Crippen LogP contribution >= 0.6 is 0 Å². The molecule has 2 aliphatic carbocycles. The Morgan fingerprint density at radius 1 is 1.08 bits per heavy atom. The normalized spacial score (nSPS) is 19.9. The summed E-state index contributed by atoms with van der Waals surface area (Å²) in [5.41, 5.74) is 2.55. The van der Waals surface area contributed by atoms with Crippen LogP contribution in [-0.4, -0.2) is 62.4 Å². The molecule has 1 saturated heterocycles.